The molecule has 7 heteroatoms. The van der Waals surface area contributed by atoms with E-state index < -0.39 is 5.91 Å². The molecule has 126 valence electrons. The number of hydrogen-bond donors (Lipinski definition) is 3. The van der Waals surface area contributed by atoms with E-state index >= 15 is 0 Å². The van der Waals surface area contributed by atoms with Gasteiger partial charge in [-0.15, -0.1) is 0 Å². The summed E-state index contributed by atoms with van der Waals surface area (Å²) in [5, 5.41) is 0. The van der Waals surface area contributed by atoms with Crippen LogP contribution < -0.4 is 15.8 Å². The first-order valence-electron chi connectivity index (χ1n) is 7.35. The lowest BCUT2D eigenvalue weighted by Crippen LogP contribution is -3.09. The van der Waals surface area contributed by atoms with Crippen molar-refractivity contribution in [3.8, 4) is 0 Å². The quantitative estimate of drug-likeness (QED) is 0.664. The maximum Gasteiger partial charge on any atom is 0.293 e. The molecule has 0 heterocycles. The Hall–Kier alpha value is -2.25. The Labute approximate surface area is 147 Å². The van der Waals surface area contributed by atoms with Crippen LogP contribution in [0.4, 0.5) is 4.39 Å². The second-order valence-electron chi connectivity index (χ2n) is 5.42. The second kappa shape index (κ2) is 8.56. The highest BCUT2D eigenvalue weighted by Crippen LogP contribution is 2.15. The molecule has 2 aromatic carbocycles. The average molecular weight is 395 g/mol. The van der Waals surface area contributed by atoms with Gasteiger partial charge in [-0.3, -0.25) is 20.4 Å². The van der Waals surface area contributed by atoms with E-state index in [1.54, 1.807) is 36.4 Å². The maximum absolute atomic E-state index is 13.1. The fourth-order valence-corrected chi connectivity index (χ4v) is 2.68. The van der Waals surface area contributed by atoms with Gasteiger partial charge in [0.05, 0.1) is 12.6 Å². The molecule has 0 spiro atoms. The van der Waals surface area contributed by atoms with Crippen LogP contribution in [-0.4, -0.2) is 25.4 Å². The molecule has 0 fully saturated rings. The maximum atomic E-state index is 13.1. The fourth-order valence-electron chi connectivity index (χ4n) is 2.22. The number of quaternary nitrogens is 1. The zero-order chi connectivity index (χ0) is 17.5. The van der Waals surface area contributed by atoms with Crippen LogP contribution in [0.3, 0.4) is 0 Å². The molecule has 3 N–H and O–H groups in total. The fraction of sp³-hybridized carbons (Fsp3) is 0.176. The van der Waals surface area contributed by atoms with Gasteiger partial charge in [0.1, 0.15) is 12.4 Å². The van der Waals surface area contributed by atoms with E-state index in [-0.39, 0.29) is 18.3 Å². The van der Waals surface area contributed by atoms with E-state index in [4.69, 9.17) is 0 Å². The molecule has 24 heavy (non-hydrogen) atoms. The number of likely N-dealkylation sites (N-methyl/N-ethyl adjacent to an activating group) is 1. The first kappa shape index (κ1) is 18.1. The van der Waals surface area contributed by atoms with Gasteiger partial charge in [-0.2, -0.15) is 0 Å². The average Bonchev–Trinajstić information content (AvgIpc) is 2.53. The monoisotopic (exact) mass is 394 g/mol. The number of halogens is 2. The lowest BCUT2D eigenvalue weighted by atomic mass is 10.2. The molecule has 1 unspecified atom stereocenters. The van der Waals surface area contributed by atoms with Crippen LogP contribution in [0.25, 0.3) is 0 Å². The van der Waals surface area contributed by atoms with E-state index in [2.05, 4.69) is 26.8 Å². The Balaban J connectivity index is 1.80. The van der Waals surface area contributed by atoms with Crippen molar-refractivity contribution in [2.45, 2.75) is 6.54 Å². The minimum atomic E-state index is -0.404. The van der Waals surface area contributed by atoms with Gasteiger partial charge in [-0.25, -0.2) is 4.39 Å². The summed E-state index contributed by atoms with van der Waals surface area (Å²) in [7, 11) is 1.82. The Morgan fingerprint density at radius 3 is 2.58 bits per heavy atom. The molecule has 0 bridgehead atoms. The highest BCUT2D eigenvalue weighted by molar-refractivity contribution is 9.10. The molecular weight excluding hydrogens is 377 g/mol. The van der Waals surface area contributed by atoms with Crippen molar-refractivity contribution in [1.82, 2.24) is 10.9 Å². The van der Waals surface area contributed by atoms with Gasteiger partial charge >= 0.3 is 0 Å². The van der Waals surface area contributed by atoms with Crippen molar-refractivity contribution in [3.05, 3.63) is 69.9 Å². The van der Waals surface area contributed by atoms with Crippen molar-refractivity contribution in [2.24, 2.45) is 0 Å². The normalized spacial score (nSPS) is 11.6. The highest BCUT2D eigenvalue weighted by atomic mass is 79.9. The minimum Gasteiger partial charge on any atom is -0.326 e. The topological polar surface area (TPSA) is 62.6 Å². The van der Waals surface area contributed by atoms with Crippen LogP contribution in [0.15, 0.2) is 53.0 Å². The summed E-state index contributed by atoms with van der Waals surface area (Å²) in [5.74, 6) is -1.03. The SMILES string of the molecule is C[NH+](CC(=O)NNC(=O)c1ccccc1Br)Cc1cccc(F)c1. The molecule has 0 aromatic heterocycles. The molecule has 0 aliphatic rings. The van der Waals surface area contributed by atoms with E-state index in [1.807, 2.05) is 7.05 Å². The first-order valence-corrected chi connectivity index (χ1v) is 8.14. The summed E-state index contributed by atoms with van der Waals surface area (Å²) in [4.78, 5) is 24.7. The Kier molecular flexibility index (Phi) is 6.45. The lowest BCUT2D eigenvalue weighted by Gasteiger charge is -2.14. The van der Waals surface area contributed by atoms with Crippen molar-refractivity contribution in [1.29, 1.82) is 0 Å². The predicted molar refractivity (Wildman–Crippen MR) is 91.6 cm³/mol. The largest absolute Gasteiger partial charge is 0.326 e. The number of hydrazine groups is 1. The van der Waals surface area contributed by atoms with Crippen LogP contribution in [0, 0.1) is 5.82 Å². The summed E-state index contributed by atoms with van der Waals surface area (Å²) in [6.45, 7) is 0.649. The number of hydrogen-bond acceptors (Lipinski definition) is 2. The predicted octanol–water partition coefficient (Wildman–Crippen LogP) is 1.06. The smallest absolute Gasteiger partial charge is 0.293 e. The standard InChI is InChI=1S/C17H17BrFN3O2/c1-22(10-12-5-4-6-13(19)9-12)11-16(23)20-21-17(24)14-7-2-3-8-15(14)18/h2-9H,10-11H2,1H3,(H,20,23)(H,21,24)/p+1. The number of amides is 2. The van der Waals surface area contributed by atoms with Crippen LogP contribution in [0.5, 0.6) is 0 Å². The zero-order valence-corrected chi connectivity index (χ0v) is 14.7. The molecular formula is C17H18BrFN3O2+. The van der Waals surface area contributed by atoms with E-state index in [0.717, 1.165) is 10.5 Å². The van der Waals surface area contributed by atoms with Crippen LogP contribution >= 0.6 is 15.9 Å². The molecule has 5 nitrogen and oxygen atoms in total. The van der Waals surface area contributed by atoms with Crippen LogP contribution in [0.2, 0.25) is 0 Å². The number of rotatable bonds is 5. The van der Waals surface area contributed by atoms with E-state index in [0.29, 0.717) is 16.6 Å². The number of nitrogens with one attached hydrogen (secondary N) is 3. The lowest BCUT2D eigenvalue weighted by molar-refractivity contribution is -0.885. The Morgan fingerprint density at radius 2 is 1.88 bits per heavy atom. The summed E-state index contributed by atoms with van der Waals surface area (Å²) in [6, 6.07) is 13.2. The van der Waals surface area contributed by atoms with Gasteiger partial charge in [-0.05, 0) is 40.2 Å². The Bertz CT molecular complexity index is 739. The van der Waals surface area contributed by atoms with E-state index in [1.165, 1.54) is 12.1 Å². The van der Waals surface area contributed by atoms with Gasteiger partial charge < -0.3 is 4.90 Å². The number of carbonyl (C=O) groups excluding carboxylic acids is 2. The van der Waals surface area contributed by atoms with Gasteiger partial charge in [-0.1, -0.05) is 24.3 Å². The van der Waals surface area contributed by atoms with Crippen molar-refractivity contribution in [2.75, 3.05) is 13.6 Å². The Morgan fingerprint density at radius 1 is 1.12 bits per heavy atom. The molecule has 2 rings (SSSR count). The van der Waals surface area contributed by atoms with Gasteiger partial charge in [0.15, 0.2) is 6.54 Å². The molecule has 1 atom stereocenters. The molecule has 0 saturated heterocycles. The first-order chi connectivity index (χ1) is 11.5. The van der Waals surface area contributed by atoms with Crippen molar-refractivity contribution in [3.63, 3.8) is 0 Å². The molecule has 0 aliphatic carbocycles. The molecule has 0 saturated carbocycles. The zero-order valence-electron chi connectivity index (χ0n) is 13.1. The summed E-state index contributed by atoms with van der Waals surface area (Å²) >= 11 is 3.28. The van der Waals surface area contributed by atoms with Gasteiger partial charge in [0.25, 0.3) is 11.8 Å². The molecule has 2 aromatic rings. The number of carbonyl (C=O) groups is 2. The summed E-state index contributed by atoms with van der Waals surface area (Å²) in [5.41, 5.74) is 5.99. The highest BCUT2D eigenvalue weighted by Gasteiger charge is 2.13. The van der Waals surface area contributed by atoms with Gasteiger partial charge in [0, 0.05) is 10.0 Å². The summed E-state index contributed by atoms with van der Waals surface area (Å²) < 4.78 is 13.8. The number of benzene rings is 2. The molecule has 0 radical (unpaired) electrons. The second-order valence-corrected chi connectivity index (χ2v) is 6.28. The van der Waals surface area contributed by atoms with Crippen molar-refractivity contribution >= 4 is 27.7 Å². The minimum absolute atomic E-state index is 0.146. The molecule has 2 amide bonds. The van der Waals surface area contributed by atoms with Crippen LogP contribution in [-0.2, 0) is 11.3 Å². The van der Waals surface area contributed by atoms with Gasteiger partial charge in [0.2, 0.25) is 0 Å². The van der Waals surface area contributed by atoms with E-state index in [9.17, 15) is 14.0 Å². The third kappa shape index (κ3) is 5.43. The molecule has 0 aliphatic heterocycles. The summed E-state index contributed by atoms with van der Waals surface area (Å²) in [6.07, 6.45) is 0. The third-order valence-electron chi connectivity index (χ3n) is 3.29. The van der Waals surface area contributed by atoms with Crippen LogP contribution in [0.1, 0.15) is 15.9 Å². The van der Waals surface area contributed by atoms with Crippen molar-refractivity contribution < 1.29 is 18.9 Å². The third-order valence-corrected chi connectivity index (χ3v) is 3.98.